The average molecular weight is 442 g/mol. The first-order valence-corrected chi connectivity index (χ1v) is 11.5. The summed E-state index contributed by atoms with van der Waals surface area (Å²) in [6, 6.07) is 11.9. The minimum atomic E-state index is -0.824. The number of halogens is 1. The van der Waals surface area contributed by atoms with Gasteiger partial charge in [0.05, 0.1) is 18.7 Å². The lowest BCUT2D eigenvalue weighted by molar-refractivity contribution is -0.136. The third kappa shape index (κ3) is 6.27. The number of hydrogen-bond donors (Lipinski definition) is 1. The molecule has 0 amide bonds. The zero-order chi connectivity index (χ0) is 22.2. The second-order valence-electron chi connectivity index (χ2n) is 8.20. The number of ether oxygens (including phenoxy) is 1. The van der Waals surface area contributed by atoms with Crippen molar-refractivity contribution in [1.82, 2.24) is 0 Å². The fourth-order valence-electron chi connectivity index (χ4n) is 4.27. The van der Waals surface area contributed by atoms with Crippen molar-refractivity contribution in [2.45, 2.75) is 51.4 Å². The number of fused-ring (bicyclic) bond motifs is 1. The van der Waals surface area contributed by atoms with E-state index in [-0.39, 0.29) is 12.3 Å². The zero-order valence-corrected chi connectivity index (χ0v) is 19.0. The number of anilines is 1. The van der Waals surface area contributed by atoms with Crippen molar-refractivity contribution in [1.29, 1.82) is 0 Å². The summed E-state index contributed by atoms with van der Waals surface area (Å²) in [7, 11) is 0. The molecule has 166 valence electrons. The van der Waals surface area contributed by atoms with Crippen LogP contribution in [0, 0.1) is 0 Å². The Labute approximate surface area is 190 Å². The topological polar surface area (TPSA) is 49.8 Å². The number of benzene rings is 2. The molecule has 1 aliphatic heterocycles. The van der Waals surface area contributed by atoms with E-state index in [1.165, 1.54) is 11.1 Å². The minimum Gasteiger partial charge on any atom is -0.491 e. The van der Waals surface area contributed by atoms with E-state index in [9.17, 15) is 9.90 Å². The summed E-state index contributed by atoms with van der Waals surface area (Å²) in [6.45, 7) is 8.32. The van der Waals surface area contributed by atoms with E-state index in [4.69, 9.17) is 16.3 Å². The number of hydrogen-bond acceptors (Lipinski definition) is 3. The molecule has 0 radical (unpaired) electrons. The van der Waals surface area contributed by atoms with Gasteiger partial charge in [-0.2, -0.15) is 0 Å². The molecule has 3 rings (SSSR count). The molecule has 1 aliphatic rings. The number of nitrogens with zero attached hydrogens (tertiary/aromatic N) is 1. The van der Waals surface area contributed by atoms with Crippen LogP contribution in [0.15, 0.2) is 49.1 Å². The van der Waals surface area contributed by atoms with Crippen LogP contribution in [-0.4, -0.2) is 30.8 Å². The van der Waals surface area contributed by atoms with Gasteiger partial charge in [-0.15, -0.1) is 6.58 Å². The maximum atomic E-state index is 11.2. The number of carboxylic acid groups (broad SMARTS) is 1. The molecular weight excluding hydrogens is 410 g/mol. The van der Waals surface area contributed by atoms with Crippen molar-refractivity contribution < 1.29 is 14.6 Å². The van der Waals surface area contributed by atoms with E-state index >= 15 is 0 Å². The van der Waals surface area contributed by atoms with E-state index in [1.54, 1.807) is 0 Å². The van der Waals surface area contributed by atoms with Gasteiger partial charge in [-0.05, 0) is 66.6 Å². The molecule has 2 aromatic carbocycles. The van der Waals surface area contributed by atoms with Crippen molar-refractivity contribution in [2.75, 3.05) is 24.6 Å². The van der Waals surface area contributed by atoms with Crippen LogP contribution >= 0.6 is 11.6 Å². The summed E-state index contributed by atoms with van der Waals surface area (Å²) in [5.74, 6) is 0.218. The van der Waals surface area contributed by atoms with Crippen LogP contribution in [0.5, 0.6) is 5.75 Å². The van der Waals surface area contributed by atoms with Crippen molar-refractivity contribution >= 4 is 23.3 Å². The summed E-state index contributed by atoms with van der Waals surface area (Å²) >= 11 is 6.28. The number of allylic oxidation sites excluding steroid dienone is 1. The lowest BCUT2D eigenvalue weighted by atomic mass is 9.92. The van der Waals surface area contributed by atoms with Crippen molar-refractivity contribution in [3.05, 3.63) is 70.8 Å². The van der Waals surface area contributed by atoms with Gasteiger partial charge in [-0.3, -0.25) is 4.79 Å². The number of aryl methyl sites for hydroxylation is 1. The number of carboxylic acids is 1. The fraction of sp³-hybridized carbons (Fsp3) is 0.423. The first-order chi connectivity index (χ1) is 15.0. The summed E-state index contributed by atoms with van der Waals surface area (Å²) in [5.41, 5.74) is 4.36. The SMILES string of the molecule is C=CCCCCN1CC(c2ccc(Cl)cc2CCC)COc2ccc(CC(=O)O)cc21. The Morgan fingerprint density at radius 3 is 2.87 bits per heavy atom. The largest absolute Gasteiger partial charge is 0.491 e. The van der Waals surface area contributed by atoms with Crippen LogP contribution in [-0.2, 0) is 17.6 Å². The van der Waals surface area contributed by atoms with Crippen LogP contribution in [0.3, 0.4) is 0 Å². The lowest BCUT2D eigenvalue weighted by Gasteiger charge is -2.28. The number of aliphatic carboxylic acids is 1. The van der Waals surface area contributed by atoms with Crippen molar-refractivity contribution in [3.63, 3.8) is 0 Å². The van der Waals surface area contributed by atoms with Gasteiger partial charge in [0, 0.05) is 24.0 Å². The van der Waals surface area contributed by atoms with Crippen molar-refractivity contribution in [2.24, 2.45) is 0 Å². The maximum Gasteiger partial charge on any atom is 0.307 e. The molecule has 2 aromatic rings. The van der Waals surface area contributed by atoms with E-state index in [1.807, 2.05) is 30.3 Å². The molecule has 1 atom stereocenters. The average Bonchev–Trinajstić information content (AvgIpc) is 2.91. The third-order valence-electron chi connectivity index (χ3n) is 5.75. The van der Waals surface area contributed by atoms with Gasteiger partial charge in [0.1, 0.15) is 5.75 Å². The monoisotopic (exact) mass is 441 g/mol. The summed E-state index contributed by atoms with van der Waals surface area (Å²) < 4.78 is 6.26. The summed E-state index contributed by atoms with van der Waals surface area (Å²) in [6.07, 6.45) is 7.14. The summed E-state index contributed by atoms with van der Waals surface area (Å²) in [4.78, 5) is 13.6. The van der Waals surface area contributed by atoms with Gasteiger partial charge in [0.25, 0.3) is 0 Å². The smallest absolute Gasteiger partial charge is 0.307 e. The normalized spacial score (nSPS) is 15.7. The Bertz CT molecular complexity index is 912. The Balaban J connectivity index is 1.91. The Morgan fingerprint density at radius 2 is 2.13 bits per heavy atom. The molecular formula is C26H32ClNO3. The van der Waals surface area contributed by atoms with Gasteiger partial charge in [0.2, 0.25) is 0 Å². The standard InChI is InChI=1S/C26H32ClNO3/c1-3-5-6-7-13-28-17-21(23-11-10-22(27)16-20(23)8-4-2)18-31-25-12-9-19(14-24(25)28)15-26(29)30/h3,9-12,14,16,21H,1,4-8,13,15,17-18H2,2H3,(H,29,30). The highest BCUT2D eigenvalue weighted by molar-refractivity contribution is 6.30. The van der Waals surface area contributed by atoms with E-state index < -0.39 is 5.97 Å². The van der Waals surface area contributed by atoms with Crippen LogP contribution in [0.4, 0.5) is 5.69 Å². The first kappa shape index (κ1) is 23.2. The molecule has 0 aliphatic carbocycles. The highest BCUT2D eigenvalue weighted by atomic mass is 35.5. The molecule has 0 fully saturated rings. The van der Waals surface area contributed by atoms with Gasteiger partial charge in [0.15, 0.2) is 0 Å². The zero-order valence-electron chi connectivity index (χ0n) is 18.3. The number of rotatable bonds is 10. The molecule has 1 unspecified atom stereocenters. The Kier molecular flexibility index (Phi) is 8.42. The molecule has 0 spiro atoms. The summed E-state index contributed by atoms with van der Waals surface area (Å²) in [5, 5.41) is 9.99. The van der Waals surface area contributed by atoms with Crippen LogP contribution < -0.4 is 9.64 Å². The van der Waals surface area contributed by atoms with Gasteiger partial charge >= 0.3 is 5.97 Å². The quantitative estimate of drug-likeness (QED) is 0.349. The molecule has 0 aromatic heterocycles. The van der Waals surface area contributed by atoms with Crippen LogP contribution in [0.1, 0.15) is 55.2 Å². The highest BCUT2D eigenvalue weighted by Gasteiger charge is 2.26. The molecule has 4 nitrogen and oxygen atoms in total. The number of unbranched alkanes of at least 4 members (excludes halogenated alkanes) is 2. The molecule has 0 saturated carbocycles. The second kappa shape index (κ2) is 11.2. The lowest BCUT2D eigenvalue weighted by Crippen LogP contribution is -2.30. The molecule has 1 N–H and O–H groups in total. The Morgan fingerprint density at radius 1 is 1.29 bits per heavy atom. The van der Waals surface area contributed by atoms with Gasteiger partial charge < -0.3 is 14.7 Å². The van der Waals surface area contributed by atoms with E-state index in [2.05, 4.69) is 30.5 Å². The first-order valence-electron chi connectivity index (χ1n) is 11.1. The van der Waals surface area contributed by atoms with Crippen molar-refractivity contribution in [3.8, 4) is 5.75 Å². The second-order valence-corrected chi connectivity index (χ2v) is 8.64. The van der Waals surface area contributed by atoms with Gasteiger partial charge in [-0.1, -0.05) is 43.2 Å². The van der Waals surface area contributed by atoms with Crippen LogP contribution in [0.2, 0.25) is 5.02 Å². The predicted molar refractivity (Wildman–Crippen MR) is 128 cm³/mol. The fourth-order valence-corrected chi connectivity index (χ4v) is 4.47. The van der Waals surface area contributed by atoms with Gasteiger partial charge in [-0.25, -0.2) is 0 Å². The molecule has 31 heavy (non-hydrogen) atoms. The molecule has 1 heterocycles. The minimum absolute atomic E-state index is 0.0127. The highest BCUT2D eigenvalue weighted by Crippen LogP contribution is 2.37. The third-order valence-corrected chi connectivity index (χ3v) is 5.99. The number of carbonyl (C=O) groups is 1. The molecule has 5 heteroatoms. The maximum absolute atomic E-state index is 11.2. The molecule has 0 bridgehead atoms. The Hall–Kier alpha value is -2.46. The molecule has 0 saturated heterocycles. The van der Waals surface area contributed by atoms with Crippen LogP contribution in [0.25, 0.3) is 0 Å². The predicted octanol–water partition coefficient (Wildman–Crippen LogP) is 6.26. The van der Waals surface area contributed by atoms with E-state index in [0.717, 1.165) is 67.2 Å². The van der Waals surface area contributed by atoms with E-state index in [0.29, 0.717) is 6.61 Å².